The number of carbonyl (C=O) groups excluding carboxylic acids is 1. The number of amides is 1. The van der Waals surface area contributed by atoms with E-state index < -0.39 is 11.0 Å². The maximum Gasteiger partial charge on any atom is 0.333 e. The molecular formula is C13H23N5O3. The monoisotopic (exact) mass is 297 g/mol. The summed E-state index contributed by atoms with van der Waals surface area (Å²) in [6, 6.07) is -0.551. The molecule has 1 heterocycles. The summed E-state index contributed by atoms with van der Waals surface area (Å²) in [6.45, 7) is 10.6. The van der Waals surface area contributed by atoms with Crippen molar-refractivity contribution < 1.29 is 9.72 Å². The molecule has 0 aliphatic rings. The van der Waals surface area contributed by atoms with Crippen LogP contribution in [0.15, 0.2) is 0 Å². The molecule has 1 unspecified atom stereocenters. The third kappa shape index (κ3) is 3.50. The van der Waals surface area contributed by atoms with Crippen molar-refractivity contribution in [3.05, 3.63) is 15.8 Å². The average Bonchev–Trinajstić information content (AvgIpc) is 2.75. The lowest BCUT2D eigenvalue weighted by atomic mass is 10.2. The van der Waals surface area contributed by atoms with E-state index in [2.05, 4.69) is 10.4 Å². The van der Waals surface area contributed by atoms with Crippen LogP contribution in [-0.4, -0.2) is 44.6 Å². The predicted molar refractivity (Wildman–Crippen MR) is 80.3 cm³/mol. The summed E-state index contributed by atoms with van der Waals surface area (Å²) in [5, 5.41) is 18.3. The quantitative estimate of drug-likeness (QED) is 0.611. The number of rotatable bonds is 7. The fourth-order valence-corrected chi connectivity index (χ4v) is 2.24. The van der Waals surface area contributed by atoms with Gasteiger partial charge in [-0.2, -0.15) is 5.10 Å². The summed E-state index contributed by atoms with van der Waals surface area (Å²) in [4.78, 5) is 24.7. The van der Waals surface area contributed by atoms with E-state index >= 15 is 0 Å². The Morgan fingerprint density at radius 1 is 1.43 bits per heavy atom. The molecule has 1 rings (SSSR count). The SMILES string of the molecule is CCN(CC)C(=O)C(C)Nc1c([N+](=O)[O-])c(C)nn1CC. The van der Waals surface area contributed by atoms with E-state index in [9.17, 15) is 14.9 Å². The van der Waals surface area contributed by atoms with Crippen LogP contribution in [-0.2, 0) is 11.3 Å². The van der Waals surface area contributed by atoms with Crippen LogP contribution in [0.4, 0.5) is 11.5 Å². The number of hydrogen-bond donors (Lipinski definition) is 1. The zero-order valence-corrected chi connectivity index (χ0v) is 13.2. The van der Waals surface area contributed by atoms with Gasteiger partial charge in [-0.05, 0) is 34.6 Å². The third-order valence-corrected chi connectivity index (χ3v) is 3.38. The zero-order valence-electron chi connectivity index (χ0n) is 13.2. The number of nitrogens with one attached hydrogen (secondary N) is 1. The van der Waals surface area contributed by atoms with Crippen molar-refractivity contribution in [1.82, 2.24) is 14.7 Å². The highest BCUT2D eigenvalue weighted by molar-refractivity contribution is 5.84. The maximum absolute atomic E-state index is 12.3. The van der Waals surface area contributed by atoms with Crippen molar-refractivity contribution in [2.24, 2.45) is 0 Å². The number of nitrogens with zero attached hydrogens (tertiary/aromatic N) is 4. The number of anilines is 1. The Morgan fingerprint density at radius 2 is 2.00 bits per heavy atom. The second-order valence-corrected chi connectivity index (χ2v) is 4.73. The molecule has 0 fully saturated rings. The predicted octanol–water partition coefficient (Wildman–Crippen LogP) is 1.79. The Kier molecular flexibility index (Phi) is 5.69. The van der Waals surface area contributed by atoms with E-state index in [-0.39, 0.29) is 17.4 Å². The standard InChI is InChI=1S/C13H23N5O3/c1-6-16(7-2)13(19)10(5)14-12-11(18(20)21)9(4)15-17(12)8-3/h10,14H,6-8H2,1-5H3. The number of likely N-dealkylation sites (N-methyl/N-ethyl adjacent to an activating group) is 1. The number of nitro groups is 1. The summed E-state index contributed by atoms with van der Waals surface area (Å²) in [5.41, 5.74) is 0.267. The molecule has 1 N–H and O–H groups in total. The largest absolute Gasteiger partial charge is 0.353 e. The van der Waals surface area contributed by atoms with E-state index in [1.54, 1.807) is 18.7 Å². The summed E-state index contributed by atoms with van der Waals surface area (Å²) < 4.78 is 1.51. The molecule has 0 aliphatic carbocycles. The van der Waals surface area contributed by atoms with Crippen LogP contribution in [0.5, 0.6) is 0 Å². The fraction of sp³-hybridized carbons (Fsp3) is 0.692. The minimum absolute atomic E-state index is 0.0731. The van der Waals surface area contributed by atoms with Gasteiger partial charge < -0.3 is 10.2 Å². The first-order chi connectivity index (χ1) is 9.87. The maximum atomic E-state index is 12.3. The first-order valence-corrected chi connectivity index (χ1v) is 7.14. The van der Waals surface area contributed by atoms with Crippen molar-refractivity contribution in [3.8, 4) is 0 Å². The van der Waals surface area contributed by atoms with Gasteiger partial charge in [-0.25, -0.2) is 4.68 Å². The number of aryl methyl sites for hydroxylation is 2. The molecule has 8 nitrogen and oxygen atoms in total. The summed E-state index contributed by atoms with van der Waals surface area (Å²) in [6.07, 6.45) is 0. The normalized spacial score (nSPS) is 12.0. The van der Waals surface area contributed by atoms with Crippen molar-refractivity contribution in [3.63, 3.8) is 0 Å². The first kappa shape index (κ1) is 16.9. The molecule has 0 saturated heterocycles. The minimum Gasteiger partial charge on any atom is -0.353 e. The smallest absolute Gasteiger partial charge is 0.333 e. The van der Waals surface area contributed by atoms with E-state index in [1.165, 1.54) is 4.68 Å². The van der Waals surface area contributed by atoms with Crippen LogP contribution in [0, 0.1) is 17.0 Å². The lowest BCUT2D eigenvalue weighted by Gasteiger charge is -2.23. The Balaban J connectivity index is 3.06. The van der Waals surface area contributed by atoms with Crippen molar-refractivity contribution in [2.45, 2.75) is 47.2 Å². The highest BCUT2D eigenvalue weighted by Crippen LogP contribution is 2.28. The van der Waals surface area contributed by atoms with Crippen molar-refractivity contribution in [1.29, 1.82) is 0 Å². The molecule has 21 heavy (non-hydrogen) atoms. The van der Waals surface area contributed by atoms with E-state index in [4.69, 9.17) is 0 Å². The number of aromatic nitrogens is 2. The van der Waals surface area contributed by atoms with Crippen LogP contribution in [0.25, 0.3) is 0 Å². The minimum atomic E-state index is -0.551. The molecule has 0 aromatic carbocycles. The van der Waals surface area contributed by atoms with E-state index in [0.717, 1.165) is 0 Å². The molecule has 1 atom stereocenters. The van der Waals surface area contributed by atoms with Gasteiger partial charge in [-0.15, -0.1) is 0 Å². The highest BCUT2D eigenvalue weighted by atomic mass is 16.6. The van der Waals surface area contributed by atoms with Gasteiger partial charge in [-0.1, -0.05) is 0 Å². The number of carbonyl (C=O) groups is 1. The van der Waals surface area contributed by atoms with Gasteiger partial charge in [0.1, 0.15) is 11.7 Å². The summed E-state index contributed by atoms with van der Waals surface area (Å²) in [7, 11) is 0. The second kappa shape index (κ2) is 7.05. The fourth-order valence-electron chi connectivity index (χ4n) is 2.24. The molecular weight excluding hydrogens is 274 g/mol. The highest BCUT2D eigenvalue weighted by Gasteiger charge is 2.28. The van der Waals surface area contributed by atoms with Crippen LogP contribution in [0.3, 0.4) is 0 Å². The van der Waals surface area contributed by atoms with Crippen molar-refractivity contribution >= 4 is 17.4 Å². The second-order valence-electron chi connectivity index (χ2n) is 4.73. The Hall–Kier alpha value is -2.12. The van der Waals surface area contributed by atoms with Crippen LogP contribution >= 0.6 is 0 Å². The van der Waals surface area contributed by atoms with Gasteiger partial charge in [-0.3, -0.25) is 14.9 Å². The molecule has 0 radical (unpaired) electrons. The molecule has 0 bridgehead atoms. The van der Waals surface area contributed by atoms with Gasteiger partial charge in [0.2, 0.25) is 11.7 Å². The average molecular weight is 297 g/mol. The molecule has 1 aromatic rings. The lowest BCUT2D eigenvalue weighted by Crippen LogP contribution is -2.41. The Labute approximate surface area is 124 Å². The van der Waals surface area contributed by atoms with E-state index in [0.29, 0.717) is 25.3 Å². The van der Waals surface area contributed by atoms with Gasteiger partial charge in [0.05, 0.1) is 4.92 Å². The molecule has 8 heteroatoms. The van der Waals surface area contributed by atoms with Gasteiger partial charge in [0, 0.05) is 19.6 Å². The van der Waals surface area contributed by atoms with Crippen molar-refractivity contribution in [2.75, 3.05) is 18.4 Å². The molecule has 118 valence electrons. The van der Waals surface area contributed by atoms with Crippen LogP contribution < -0.4 is 5.32 Å². The topological polar surface area (TPSA) is 93.3 Å². The molecule has 1 amide bonds. The Morgan fingerprint density at radius 3 is 2.43 bits per heavy atom. The zero-order chi connectivity index (χ0) is 16.2. The van der Waals surface area contributed by atoms with E-state index in [1.807, 2.05) is 20.8 Å². The summed E-state index contributed by atoms with van der Waals surface area (Å²) >= 11 is 0. The number of hydrogen-bond acceptors (Lipinski definition) is 5. The molecule has 0 saturated carbocycles. The van der Waals surface area contributed by atoms with Crippen LogP contribution in [0.2, 0.25) is 0 Å². The molecule has 0 aliphatic heterocycles. The lowest BCUT2D eigenvalue weighted by molar-refractivity contribution is -0.384. The van der Waals surface area contributed by atoms with Crippen LogP contribution in [0.1, 0.15) is 33.4 Å². The first-order valence-electron chi connectivity index (χ1n) is 7.14. The van der Waals surface area contributed by atoms with Gasteiger partial charge >= 0.3 is 5.69 Å². The molecule has 1 aromatic heterocycles. The van der Waals surface area contributed by atoms with Gasteiger partial charge in [0.25, 0.3) is 0 Å². The third-order valence-electron chi connectivity index (χ3n) is 3.38. The van der Waals surface area contributed by atoms with Gasteiger partial charge in [0.15, 0.2) is 0 Å². The molecule has 0 spiro atoms. The summed E-state index contributed by atoms with van der Waals surface area (Å²) in [5.74, 6) is 0.198. The Bertz CT molecular complexity index is 522.